The number of methoxy groups -OCH3 is 1. The number of ether oxygens (including phenoxy) is 1. The van der Waals surface area contributed by atoms with Crippen molar-refractivity contribution in [1.29, 1.82) is 0 Å². The van der Waals surface area contributed by atoms with Crippen molar-refractivity contribution in [3.63, 3.8) is 0 Å². The summed E-state index contributed by atoms with van der Waals surface area (Å²) < 4.78 is 4.72. The van der Waals surface area contributed by atoms with Crippen LogP contribution in [0.3, 0.4) is 0 Å². The third-order valence-electron chi connectivity index (χ3n) is 2.36. The van der Waals surface area contributed by atoms with Gasteiger partial charge in [0.15, 0.2) is 0 Å². The van der Waals surface area contributed by atoms with Crippen LogP contribution in [0.5, 0.6) is 0 Å². The van der Waals surface area contributed by atoms with E-state index in [-0.39, 0.29) is 0 Å². The lowest BCUT2D eigenvalue weighted by atomic mass is 10.1. The minimum absolute atomic E-state index is 0.379. The summed E-state index contributed by atoms with van der Waals surface area (Å²) in [5.41, 5.74) is 1.85. The maximum Gasteiger partial charge on any atom is 0.341 e. The summed E-state index contributed by atoms with van der Waals surface area (Å²) in [6.07, 6.45) is 1.50. The molecule has 0 N–H and O–H groups in total. The van der Waals surface area contributed by atoms with Crippen LogP contribution in [-0.4, -0.2) is 23.0 Å². The van der Waals surface area contributed by atoms with E-state index < -0.39 is 5.97 Å². The van der Waals surface area contributed by atoms with Gasteiger partial charge >= 0.3 is 5.97 Å². The van der Waals surface area contributed by atoms with Crippen LogP contribution in [-0.2, 0) is 4.74 Å². The predicted molar refractivity (Wildman–Crippen MR) is 63.5 cm³/mol. The van der Waals surface area contributed by atoms with Gasteiger partial charge in [0, 0.05) is 11.8 Å². The van der Waals surface area contributed by atoms with Crippen LogP contribution in [0.1, 0.15) is 16.2 Å². The summed E-state index contributed by atoms with van der Waals surface area (Å²) in [5.74, 6) is 0.195. The van der Waals surface area contributed by atoms with Gasteiger partial charge < -0.3 is 4.74 Å². The molecule has 2 rings (SSSR count). The van der Waals surface area contributed by atoms with E-state index in [1.165, 1.54) is 13.3 Å². The molecule has 0 spiro atoms. The Labute approximate surface area is 99.3 Å². The van der Waals surface area contributed by atoms with Crippen LogP contribution in [0.2, 0.25) is 0 Å². The van der Waals surface area contributed by atoms with Gasteiger partial charge in [0.1, 0.15) is 11.4 Å². The minimum atomic E-state index is -0.427. The van der Waals surface area contributed by atoms with E-state index in [1.54, 1.807) is 6.92 Å². The highest BCUT2D eigenvalue weighted by atomic mass is 16.5. The highest BCUT2D eigenvalue weighted by molar-refractivity contribution is 5.95. The Morgan fingerprint density at radius 1 is 1.24 bits per heavy atom. The largest absolute Gasteiger partial charge is 0.465 e. The maximum atomic E-state index is 11.6. The molecule has 86 valence electrons. The van der Waals surface area contributed by atoms with Gasteiger partial charge in [0.05, 0.1) is 12.8 Å². The molecule has 0 amide bonds. The van der Waals surface area contributed by atoms with Gasteiger partial charge in [-0.05, 0) is 6.92 Å². The summed E-state index contributed by atoms with van der Waals surface area (Å²) >= 11 is 0. The van der Waals surface area contributed by atoms with Gasteiger partial charge in [0.2, 0.25) is 0 Å². The summed E-state index contributed by atoms with van der Waals surface area (Å²) in [4.78, 5) is 19.9. The molecule has 0 saturated carbocycles. The Morgan fingerprint density at radius 3 is 2.59 bits per heavy atom. The first kappa shape index (κ1) is 11.3. The normalized spacial score (nSPS) is 10.0. The second-order valence-electron chi connectivity index (χ2n) is 3.54. The second kappa shape index (κ2) is 4.74. The first-order chi connectivity index (χ1) is 8.22. The number of aryl methyl sites for hydroxylation is 1. The van der Waals surface area contributed by atoms with Crippen LogP contribution in [0.4, 0.5) is 0 Å². The van der Waals surface area contributed by atoms with E-state index in [2.05, 4.69) is 9.97 Å². The lowest BCUT2D eigenvalue weighted by molar-refractivity contribution is 0.0600. The highest BCUT2D eigenvalue weighted by Gasteiger charge is 2.15. The fourth-order valence-corrected chi connectivity index (χ4v) is 1.55. The summed E-state index contributed by atoms with van der Waals surface area (Å²) in [6, 6.07) is 9.50. The van der Waals surface area contributed by atoms with Gasteiger partial charge in [-0.1, -0.05) is 30.3 Å². The average Bonchev–Trinajstić information content (AvgIpc) is 2.39. The van der Waals surface area contributed by atoms with Gasteiger partial charge in [-0.2, -0.15) is 0 Å². The van der Waals surface area contributed by atoms with Gasteiger partial charge in [0.25, 0.3) is 0 Å². The van der Waals surface area contributed by atoms with Crippen LogP contribution in [0, 0.1) is 6.92 Å². The lowest BCUT2D eigenvalue weighted by Crippen LogP contribution is -2.07. The van der Waals surface area contributed by atoms with Crippen molar-refractivity contribution in [2.75, 3.05) is 7.11 Å². The SMILES string of the molecule is COC(=O)c1cnc(C)nc1-c1ccccc1. The molecule has 1 aromatic carbocycles. The first-order valence-corrected chi connectivity index (χ1v) is 5.19. The number of carbonyl (C=O) groups is 1. The van der Waals surface area contributed by atoms with Gasteiger partial charge in [-0.3, -0.25) is 0 Å². The van der Waals surface area contributed by atoms with E-state index in [0.29, 0.717) is 17.1 Å². The van der Waals surface area contributed by atoms with Crippen molar-refractivity contribution < 1.29 is 9.53 Å². The Kier molecular flexibility index (Phi) is 3.14. The predicted octanol–water partition coefficient (Wildman–Crippen LogP) is 2.24. The summed E-state index contributed by atoms with van der Waals surface area (Å²) in [7, 11) is 1.34. The third kappa shape index (κ3) is 2.30. The Bertz CT molecular complexity index is 538. The Hall–Kier alpha value is -2.23. The number of hydrogen-bond acceptors (Lipinski definition) is 4. The molecule has 2 aromatic rings. The first-order valence-electron chi connectivity index (χ1n) is 5.19. The van der Waals surface area contributed by atoms with E-state index in [0.717, 1.165) is 5.56 Å². The zero-order chi connectivity index (χ0) is 12.3. The van der Waals surface area contributed by atoms with E-state index >= 15 is 0 Å². The molecule has 0 unspecified atom stereocenters. The minimum Gasteiger partial charge on any atom is -0.465 e. The van der Waals surface area contributed by atoms with Gasteiger partial charge in [-0.15, -0.1) is 0 Å². The second-order valence-corrected chi connectivity index (χ2v) is 3.54. The number of benzene rings is 1. The molecule has 4 nitrogen and oxygen atoms in total. The fraction of sp³-hybridized carbons (Fsp3) is 0.154. The lowest BCUT2D eigenvalue weighted by Gasteiger charge is -2.07. The fourth-order valence-electron chi connectivity index (χ4n) is 1.55. The van der Waals surface area contributed by atoms with E-state index in [9.17, 15) is 4.79 Å². The molecule has 0 radical (unpaired) electrons. The average molecular weight is 228 g/mol. The molecule has 0 bridgehead atoms. The number of nitrogens with zero attached hydrogens (tertiary/aromatic N) is 2. The van der Waals surface area contributed by atoms with Crippen LogP contribution < -0.4 is 0 Å². The number of rotatable bonds is 2. The Balaban J connectivity index is 2.59. The zero-order valence-electron chi connectivity index (χ0n) is 9.68. The quantitative estimate of drug-likeness (QED) is 0.740. The molecule has 1 aromatic heterocycles. The van der Waals surface area contributed by atoms with Crippen molar-refractivity contribution in [2.24, 2.45) is 0 Å². The highest BCUT2D eigenvalue weighted by Crippen LogP contribution is 2.21. The number of esters is 1. The summed E-state index contributed by atoms with van der Waals surface area (Å²) in [5, 5.41) is 0. The van der Waals surface area contributed by atoms with Crippen molar-refractivity contribution in [2.45, 2.75) is 6.92 Å². The number of aromatic nitrogens is 2. The monoisotopic (exact) mass is 228 g/mol. The molecule has 0 atom stereocenters. The van der Waals surface area contributed by atoms with Crippen LogP contribution in [0.15, 0.2) is 36.5 Å². The topological polar surface area (TPSA) is 52.1 Å². The van der Waals surface area contributed by atoms with E-state index in [4.69, 9.17) is 4.74 Å². The smallest absolute Gasteiger partial charge is 0.341 e. The molecule has 4 heteroatoms. The Morgan fingerprint density at radius 2 is 1.94 bits per heavy atom. The molecule has 17 heavy (non-hydrogen) atoms. The van der Waals surface area contributed by atoms with Crippen molar-refractivity contribution in [1.82, 2.24) is 9.97 Å². The molecule has 0 aliphatic rings. The molecular formula is C13H12N2O2. The molecule has 0 aliphatic carbocycles. The standard InChI is InChI=1S/C13H12N2O2/c1-9-14-8-11(13(16)17-2)12(15-9)10-6-4-3-5-7-10/h3-8H,1-2H3. The molecule has 0 aliphatic heterocycles. The number of carbonyl (C=O) groups excluding carboxylic acids is 1. The van der Waals surface area contributed by atoms with Crippen LogP contribution in [0.25, 0.3) is 11.3 Å². The summed E-state index contributed by atoms with van der Waals surface area (Å²) in [6.45, 7) is 1.79. The van der Waals surface area contributed by atoms with Gasteiger partial charge in [-0.25, -0.2) is 14.8 Å². The van der Waals surface area contributed by atoms with Crippen molar-refractivity contribution in [3.05, 3.63) is 47.9 Å². The number of hydrogen-bond donors (Lipinski definition) is 0. The van der Waals surface area contributed by atoms with Crippen molar-refractivity contribution >= 4 is 5.97 Å². The van der Waals surface area contributed by atoms with Crippen LogP contribution >= 0.6 is 0 Å². The molecule has 0 saturated heterocycles. The third-order valence-corrected chi connectivity index (χ3v) is 2.36. The van der Waals surface area contributed by atoms with E-state index in [1.807, 2.05) is 30.3 Å². The molecule has 0 fully saturated rings. The zero-order valence-corrected chi connectivity index (χ0v) is 9.68. The molecular weight excluding hydrogens is 216 g/mol. The van der Waals surface area contributed by atoms with Crippen molar-refractivity contribution in [3.8, 4) is 11.3 Å². The molecule has 1 heterocycles. The maximum absolute atomic E-state index is 11.6.